The third-order valence-electron chi connectivity index (χ3n) is 7.64. The number of anilines is 2. The van der Waals surface area contributed by atoms with Crippen LogP contribution in [0.5, 0.6) is 11.5 Å². The molecule has 1 unspecified atom stereocenters. The van der Waals surface area contributed by atoms with Gasteiger partial charge in [-0.05, 0) is 49.6 Å². The van der Waals surface area contributed by atoms with Gasteiger partial charge in [0, 0.05) is 42.3 Å². The summed E-state index contributed by atoms with van der Waals surface area (Å²) in [6, 6.07) is 20.7. The molecule has 9 nitrogen and oxygen atoms in total. The van der Waals surface area contributed by atoms with Crippen molar-refractivity contribution in [3.05, 3.63) is 78.1 Å². The fourth-order valence-electron chi connectivity index (χ4n) is 5.55. The van der Waals surface area contributed by atoms with E-state index >= 15 is 0 Å². The van der Waals surface area contributed by atoms with E-state index in [9.17, 15) is 0 Å². The SMILES string of the molecule is COc1cc(OC)cc(-c2noc(N3CC(c4ccccc4)OC4(CCN(c5ccnc(C)c5)CC4)C3)n2)c1. The lowest BCUT2D eigenvalue weighted by atomic mass is 9.87. The number of morpholine rings is 1. The zero-order valence-electron chi connectivity index (χ0n) is 22.5. The summed E-state index contributed by atoms with van der Waals surface area (Å²) in [5, 5.41) is 4.31. The number of aryl methyl sites for hydroxylation is 1. The molecule has 2 aliphatic rings. The molecule has 0 amide bonds. The Morgan fingerprint density at radius 1 is 0.923 bits per heavy atom. The van der Waals surface area contributed by atoms with Crippen LogP contribution in [0.3, 0.4) is 0 Å². The Kier molecular flexibility index (Phi) is 6.83. The van der Waals surface area contributed by atoms with E-state index in [2.05, 4.69) is 56.3 Å². The van der Waals surface area contributed by atoms with Gasteiger partial charge >= 0.3 is 6.01 Å². The molecule has 2 aromatic heterocycles. The summed E-state index contributed by atoms with van der Waals surface area (Å²) >= 11 is 0. The highest BCUT2D eigenvalue weighted by molar-refractivity contribution is 5.61. The molecule has 0 N–H and O–H groups in total. The van der Waals surface area contributed by atoms with Crippen LogP contribution in [-0.4, -0.2) is 61.1 Å². The van der Waals surface area contributed by atoms with Crippen molar-refractivity contribution in [3.63, 3.8) is 0 Å². The molecule has 6 rings (SSSR count). The molecule has 2 aliphatic heterocycles. The molecule has 0 aliphatic carbocycles. The van der Waals surface area contributed by atoms with Gasteiger partial charge in [-0.25, -0.2) is 0 Å². The molecule has 2 aromatic carbocycles. The highest BCUT2D eigenvalue weighted by atomic mass is 16.5. The molecule has 0 radical (unpaired) electrons. The monoisotopic (exact) mass is 527 g/mol. The summed E-state index contributed by atoms with van der Waals surface area (Å²) in [5.74, 6) is 1.82. The van der Waals surface area contributed by atoms with Crippen molar-refractivity contribution in [2.75, 3.05) is 50.2 Å². The second-order valence-electron chi connectivity index (χ2n) is 10.2. The predicted molar refractivity (Wildman–Crippen MR) is 148 cm³/mol. The number of methoxy groups -OCH3 is 2. The highest BCUT2D eigenvalue weighted by Crippen LogP contribution is 2.40. The van der Waals surface area contributed by atoms with Gasteiger partial charge in [-0.15, -0.1) is 0 Å². The average Bonchev–Trinajstić information content (AvgIpc) is 3.48. The van der Waals surface area contributed by atoms with Crippen molar-refractivity contribution < 1.29 is 18.7 Å². The van der Waals surface area contributed by atoms with Crippen LogP contribution < -0.4 is 19.3 Å². The van der Waals surface area contributed by atoms with Crippen LogP contribution in [0.25, 0.3) is 11.4 Å². The number of nitrogens with zero attached hydrogens (tertiary/aromatic N) is 5. The molecule has 202 valence electrons. The first-order chi connectivity index (χ1) is 19.0. The Labute approximate surface area is 228 Å². The normalized spacial score (nSPS) is 18.8. The summed E-state index contributed by atoms with van der Waals surface area (Å²) in [5.41, 5.74) is 3.82. The lowest BCUT2D eigenvalue weighted by Crippen LogP contribution is -2.58. The first-order valence-corrected chi connectivity index (χ1v) is 13.3. The van der Waals surface area contributed by atoms with Crippen molar-refractivity contribution in [2.24, 2.45) is 0 Å². The number of pyridine rings is 1. The fourth-order valence-corrected chi connectivity index (χ4v) is 5.55. The lowest BCUT2D eigenvalue weighted by molar-refractivity contribution is -0.121. The van der Waals surface area contributed by atoms with Crippen LogP contribution in [0.2, 0.25) is 0 Å². The Morgan fingerprint density at radius 3 is 2.36 bits per heavy atom. The summed E-state index contributed by atoms with van der Waals surface area (Å²) < 4.78 is 23.6. The standard InChI is InChI=1S/C30H33N5O4/c1-21-15-24(9-12-31-21)34-13-10-30(11-14-34)20-35(19-27(38-30)22-7-5-4-6-8-22)29-32-28(33-39-29)23-16-25(36-2)18-26(17-23)37-3/h4-9,12,15-18,27H,10-11,13-14,19-20H2,1-3H3. The van der Waals surface area contributed by atoms with E-state index in [1.165, 1.54) is 5.69 Å². The Hall–Kier alpha value is -4.11. The van der Waals surface area contributed by atoms with Crippen molar-refractivity contribution in [1.29, 1.82) is 0 Å². The van der Waals surface area contributed by atoms with Gasteiger partial charge in [-0.2, -0.15) is 4.98 Å². The van der Waals surface area contributed by atoms with Crippen molar-refractivity contribution >= 4 is 11.7 Å². The summed E-state index contributed by atoms with van der Waals surface area (Å²) in [7, 11) is 3.25. The van der Waals surface area contributed by atoms with E-state index in [4.69, 9.17) is 23.7 Å². The van der Waals surface area contributed by atoms with E-state index in [1.54, 1.807) is 14.2 Å². The van der Waals surface area contributed by atoms with Gasteiger partial charge in [0.05, 0.1) is 32.9 Å². The molecule has 4 heterocycles. The number of hydrogen-bond donors (Lipinski definition) is 0. The molecule has 2 saturated heterocycles. The van der Waals surface area contributed by atoms with E-state index in [1.807, 2.05) is 37.4 Å². The summed E-state index contributed by atoms with van der Waals surface area (Å²) in [6.45, 7) is 5.14. The van der Waals surface area contributed by atoms with Gasteiger partial charge in [-0.3, -0.25) is 4.98 Å². The second-order valence-corrected chi connectivity index (χ2v) is 10.2. The number of ether oxygens (including phenoxy) is 3. The molecule has 4 aromatic rings. The topological polar surface area (TPSA) is 86.0 Å². The van der Waals surface area contributed by atoms with Crippen LogP contribution in [-0.2, 0) is 4.74 Å². The Balaban J connectivity index is 1.27. The first kappa shape index (κ1) is 25.2. The fraction of sp³-hybridized carbons (Fsp3) is 0.367. The number of aromatic nitrogens is 3. The van der Waals surface area contributed by atoms with E-state index < -0.39 is 0 Å². The highest BCUT2D eigenvalue weighted by Gasteiger charge is 2.45. The molecule has 2 fully saturated rings. The molecule has 1 spiro atoms. The van der Waals surface area contributed by atoms with E-state index in [0.29, 0.717) is 36.4 Å². The van der Waals surface area contributed by atoms with Gasteiger partial charge in [0.25, 0.3) is 0 Å². The third-order valence-corrected chi connectivity index (χ3v) is 7.64. The number of hydrogen-bond acceptors (Lipinski definition) is 9. The minimum absolute atomic E-state index is 0.109. The smallest absolute Gasteiger partial charge is 0.324 e. The van der Waals surface area contributed by atoms with Gasteiger partial charge < -0.3 is 28.5 Å². The second kappa shape index (κ2) is 10.6. The zero-order chi connectivity index (χ0) is 26.8. The van der Waals surface area contributed by atoms with E-state index in [0.717, 1.165) is 42.8 Å². The van der Waals surface area contributed by atoms with Gasteiger partial charge in [-0.1, -0.05) is 35.5 Å². The minimum Gasteiger partial charge on any atom is -0.497 e. The molecular formula is C30H33N5O4. The van der Waals surface area contributed by atoms with Crippen molar-refractivity contribution in [3.8, 4) is 22.9 Å². The van der Waals surface area contributed by atoms with Crippen LogP contribution in [0.4, 0.5) is 11.7 Å². The Bertz CT molecular complexity index is 1400. The van der Waals surface area contributed by atoms with Crippen molar-refractivity contribution in [2.45, 2.75) is 31.5 Å². The van der Waals surface area contributed by atoms with Crippen molar-refractivity contribution in [1.82, 2.24) is 15.1 Å². The summed E-state index contributed by atoms with van der Waals surface area (Å²) in [4.78, 5) is 13.7. The van der Waals surface area contributed by atoms with Crippen LogP contribution in [0, 0.1) is 6.92 Å². The van der Waals surface area contributed by atoms with E-state index in [-0.39, 0.29) is 11.7 Å². The molecule has 0 saturated carbocycles. The maximum absolute atomic E-state index is 6.91. The zero-order valence-corrected chi connectivity index (χ0v) is 22.5. The van der Waals surface area contributed by atoms with Gasteiger partial charge in [0.15, 0.2) is 0 Å². The summed E-state index contributed by atoms with van der Waals surface area (Å²) in [6.07, 6.45) is 3.55. The maximum atomic E-state index is 6.91. The minimum atomic E-state index is -0.328. The molecule has 39 heavy (non-hydrogen) atoms. The molecule has 0 bridgehead atoms. The molecular weight excluding hydrogens is 494 g/mol. The molecule has 9 heteroatoms. The number of rotatable bonds is 6. The largest absolute Gasteiger partial charge is 0.497 e. The Morgan fingerprint density at radius 2 is 1.67 bits per heavy atom. The van der Waals surface area contributed by atoms with Gasteiger partial charge in [0.1, 0.15) is 17.6 Å². The first-order valence-electron chi connectivity index (χ1n) is 13.3. The average molecular weight is 528 g/mol. The maximum Gasteiger partial charge on any atom is 0.324 e. The van der Waals surface area contributed by atoms with Crippen LogP contribution >= 0.6 is 0 Å². The predicted octanol–water partition coefficient (Wildman–Crippen LogP) is 5.07. The van der Waals surface area contributed by atoms with Crippen LogP contribution in [0.15, 0.2) is 71.4 Å². The van der Waals surface area contributed by atoms with Gasteiger partial charge in [0.2, 0.25) is 5.82 Å². The number of piperidine rings is 1. The van der Waals surface area contributed by atoms with Crippen LogP contribution in [0.1, 0.15) is 30.2 Å². The molecule has 1 atom stereocenters. The lowest BCUT2D eigenvalue weighted by Gasteiger charge is -2.50. The quantitative estimate of drug-likeness (QED) is 0.341. The number of benzene rings is 2. The third kappa shape index (κ3) is 5.27.